The third-order valence-electron chi connectivity index (χ3n) is 4.39. The SMILES string of the molecule is Cc1cccc(-c2noc(CNC(=O)CCCN(c3ccccc3)S(C)(=O)=O)n2)c1. The van der Waals surface area contributed by atoms with Crippen LogP contribution in [-0.4, -0.2) is 37.3 Å². The molecular formula is C21H24N4O4S. The second kappa shape index (κ2) is 9.53. The van der Waals surface area contributed by atoms with E-state index in [1.807, 2.05) is 37.3 Å². The Labute approximate surface area is 176 Å². The van der Waals surface area contributed by atoms with Gasteiger partial charge in [0.15, 0.2) is 0 Å². The summed E-state index contributed by atoms with van der Waals surface area (Å²) in [6, 6.07) is 16.6. The van der Waals surface area contributed by atoms with Crippen LogP contribution in [0.15, 0.2) is 59.1 Å². The number of rotatable bonds is 9. The van der Waals surface area contributed by atoms with Crippen LogP contribution in [-0.2, 0) is 21.4 Å². The Bertz CT molecular complexity index is 1100. The van der Waals surface area contributed by atoms with Crippen molar-refractivity contribution in [2.75, 3.05) is 17.1 Å². The summed E-state index contributed by atoms with van der Waals surface area (Å²) in [6.45, 7) is 2.31. The highest BCUT2D eigenvalue weighted by Gasteiger charge is 2.17. The van der Waals surface area contributed by atoms with E-state index in [1.54, 1.807) is 24.3 Å². The number of nitrogens with one attached hydrogen (secondary N) is 1. The Morgan fingerprint density at radius 1 is 1.13 bits per heavy atom. The predicted octanol–water partition coefficient (Wildman–Crippen LogP) is 2.91. The molecular weight excluding hydrogens is 404 g/mol. The lowest BCUT2D eigenvalue weighted by atomic mass is 10.1. The first-order valence-corrected chi connectivity index (χ1v) is 11.4. The zero-order valence-electron chi connectivity index (χ0n) is 16.9. The van der Waals surface area contributed by atoms with Gasteiger partial charge in [-0.25, -0.2) is 8.42 Å². The molecule has 1 aromatic heterocycles. The molecule has 0 unspecified atom stereocenters. The van der Waals surface area contributed by atoms with Crippen molar-refractivity contribution in [2.24, 2.45) is 0 Å². The Kier molecular flexibility index (Phi) is 6.83. The second-order valence-corrected chi connectivity index (χ2v) is 8.84. The highest BCUT2D eigenvalue weighted by molar-refractivity contribution is 7.92. The van der Waals surface area contributed by atoms with Gasteiger partial charge in [0.25, 0.3) is 0 Å². The summed E-state index contributed by atoms with van der Waals surface area (Å²) in [5.41, 5.74) is 2.51. The Hall–Kier alpha value is -3.20. The maximum absolute atomic E-state index is 12.1. The molecule has 0 saturated heterocycles. The van der Waals surface area contributed by atoms with Gasteiger partial charge in [-0.05, 0) is 31.5 Å². The van der Waals surface area contributed by atoms with Crippen molar-refractivity contribution in [1.29, 1.82) is 0 Å². The molecule has 0 fully saturated rings. The average Bonchev–Trinajstić information content (AvgIpc) is 3.18. The van der Waals surface area contributed by atoms with Gasteiger partial charge >= 0.3 is 0 Å². The number of nitrogens with zero attached hydrogens (tertiary/aromatic N) is 3. The average molecular weight is 429 g/mol. The van der Waals surface area contributed by atoms with Gasteiger partial charge in [0.05, 0.1) is 18.5 Å². The van der Waals surface area contributed by atoms with Crippen LogP contribution >= 0.6 is 0 Å². The molecule has 3 aromatic rings. The normalized spacial score (nSPS) is 11.3. The van der Waals surface area contributed by atoms with Gasteiger partial charge < -0.3 is 9.84 Å². The standard InChI is InChI=1S/C21H24N4O4S/c1-16-8-6-9-17(14-16)21-23-20(29-24-21)15-22-19(26)12-7-13-25(30(2,27)28)18-10-4-3-5-11-18/h3-6,8-11,14H,7,12-13,15H2,1-2H3,(H,22,26). The van der Waals surface area contributed by atoms with E-state index < -0.39 is 10.0 Å². The number of para-hydroxylation sites is 1. The van der Waals surface area contributed by atoms with Crippen molar-refractivity contribution in [3.8, 4) is 11.4 Å². The molecule has 3 rings (SSSR count). The lowest BCUT2D eigenvalue weighted by Gasteiger charge is -2.22. The Balaban J connectivity index is 1.49. The van der Waals surface area contributed by atoms with Crippen LogP contribution in [0.2, 0.25) is 0 Å². The number of carbonyl (C=O) groups excluding carboxylic acids is 1. The molecule has 0 bridgehead atoms. The molecule has 0 spiro atoms. The maximum Gasteiger partial charge on any atom is 0.246 e. The van der Waals surface area contributed by atoms with Gasteiger partial charge in [-0.15, -0.1) is 0 Å². The number of amides is 1. The second-order valence-electron chi connectivity index (χ2n) is 6.93. The van der Waals surface area contributed by atoms with E-state index >= 15 is 0 Å². The third kappa shape index (κ3) is 5.90. The summed E-state index contributed by atoms with van der Waals surface area (Å²) in [7, 11) is -3.43. The molecule has 158 valence electrons. The summed E-state index contributed by atoms with van der Waals surface area (Å²) >= 11 is 0. The third-order valence-corrected chi connectivity index (χ3v) is 5.58. The first kappa shape index (κ1) is 21.5. The molecule has 9 heteroatoms. The molecule has 0 radical (unpaired) electrons. The fourth-order valence-corrected chi connectivity index (χ4v) is 3.92. The number of hydrogen-bond donors (Lipinski definition) is 1. The molecule has 1 heterocycles. The van der Waals surface area contributed by atoms with Crippen molar-refractivity contribution in [1.82, 2.24) is 15.5 Å². The number of hydrogen-bond acceptors (Lipinski definition) is 6. The van der Waals surface area contributed by atoms with Crippen molar-refractivity contribution in [3.05, 3.63) is 66.1 Å². The molecule has 0 aliphatic carbocycles. The molecule has 0 aliphatic rings. The van der Waals surface area contributed by atoms with Gasteiger partial charge in [0, 0.05) is 18.5 Å². The largest absolute Gasteiger partial charge is 0.347 e. The van der Waals surface area contributed by atoms with Crippen LogP contribution in [0, 0.1) is 6.92 Å². The van der Waals surface area contributed by atoms with Gasteiger partial charge in [-0.3, -0.25) is 9.10 Å². The molecule has 0 saturated carbocycles. The number of sulfonamides is 1. The Morgan fingerprint density at radius 3 is 2.60 bits per heavy atom. The van der Waals surface area contributed by atoms with E-state index in [4.69, 9.17) is 4.52 Å². The van der Waals surface area contributed by atoms with Crippen molar-refractivity contribution in [3.63, 3.8) is 0 Å². The van der Waals surface area contributed by atoms with Gasteiger partial charge in [0.1, 0.15) is 0 Å². The molecule has 0 atom stereocenters. The lowest BCUT2D eigenvalue weighted by molar-refractivity contribution is -0.121. The molecule has 1 amide bonds. The molecule has 30 heavy (non-hydrogen) atoms. The zero-order chi connectivity index (χ0) is 21.6. The first-order chi connectivity index (χ1) is 14.3. The van der Waals surface area contributed by atoms with E-state index in [9.17, 15) is 13.2 Å². The van der Waals surface area contributed by atoms with Crippen molar-refractivity contribution in [2.45, 2.75) is 26.3 Å². The zero-order valence-corrected chi connectivity index (χ0v) is 17.7. The summed E-state index contributed by atoms with van der Waals surface area (Å²) in [5.74, 6) is 0.559. The first-order valence-electron chi connectivity index (χ1n) is 9.52. The van der Waals surface area contributed by atoms with Crippen LogP contribution in [0.4, 0.5) is 5.69 Å². The van der Waals surface area contributed by atoms with Crippen LogP contribution in [0.5, 0.6) is 0 Å². The van der Waals surface area contributed by atoms with Crippen LogP contribution in [0.1, 0.15) is 24.3 Å². The van der Waals surface area contributed by atoms with E-state index in [0.29, 0.717) is 23.8 Å². The van der Waals surface area contributed by atoms with E-state index in [-0.39, 0.29) is 25.4 Å². The minimum atomic E-state index is -3.43. The minimum absolute atomic E-state index is 0.117. The van der Waals surface area contributed by atoms with Crippen LogP contribution in [0.25, 0.3) is 11.4 Å². The summed E-state index contributed by atoms with van der Waals surface area (Å²) in [4.78, 5) is 16.4. The molecule has 8 nitrogen and oxygen atoms in total. The van der Waals surface area contributed by atoms with Gasteiger partial charge in [-0.2, -0.15) is 4.98 Å². The van der Waals surface area contributed by atoms with E-state index in [0.717, 1.165) is 17.4 Å². The monoisotopic (exact) mass is 428 g/mol. The fraction of sp³-hybridized carbons (Fsp3) is 0.286. The van der Waals surface area contributed by atoms with Crippen LogP contribution in [0.3, 0.4) is 0 Å². The van der Waals surface area contributed by atoms with Gasteiger partial charge in [-0.1, -0.05) is 47.1 Å². The quantitative estimate of drug-likeness (QED) is 0.562. The van der Waals surface area contributed by atoms with Crippen LogP contribution < -0.4 is 9.62 Å². The van der Waals surface area contributed by atoms with Gasteiger partial charge in [0.2, 0.25) is 27.6 Å². The number of benzene rings is 2. The molecule has 0 aliphatic heterocycles. The number of aromatic nitrogens is 2. The highest BCUT2D eigenvalue weighted by atomic mass is 32.2. The molecule has 1 N–H and O–H groups in total. The van der Waals surface area contributed by atoms with E-state index in [1.165, 1.54) is 4.31 Å². The Morgan fingerprint density at radius 2 is 1.90 bits per heavy atom. The topological polar surface area (TPSA) is 105 Å². The number of carbonyl (C=O) groups is 1. The number of aryl methyl sites for hydroxylation is 1. The maximum atomic E-state index is 12.1. The summed E-state index contributed by atoms with van der Waals surface area (Å²) < 4.78 is 30.6. The highest BCUT2D eigenvalue weighted by Crippen LogP contribution is 2.18. The summed E-state index contributed by atoms with van der Waals surface area (Å²) in [6.07, 6.45) is 1.71. The fourth-order valence-electron chi connectivity index (χ4n) is 2.95. The molecule has 2 aromatic carbocycles. The van der Waals surface area contributed by atoms with Crippen molar-refractivity contribution < 1.29 is 17.7 Å². The predicted molar refractivity (Wildman–Crippen MR) is 114 cm³/mol. The number of anilines is 1. The van der Waals surface area contributed by atoms with E-state index in [2.05, 4.69) is 15.5 Å². The smallest absolute Gasteiger partial charge is 0.246 e. The lowest BCUT2D eigenvalue weighted by Crippen LogP contribution is -2.32. The minimum Gasteiger partial charge on any atom is -0.347 e. The van der Waals surface area contributed by atoms with Crippen molar-refractivity contribution >= 4 is 21.6 Å². The summed E-state index contributed by atoms with van der Waals surface area (Å²) in [5, 5.41) is 6.66.